The van der Waals surface area contributed by atoms with Crippen LogP contribution in [-0.2, 0) is 25.6 Å². The summed E-state index contributed by atoms with van der Waals surface area (Å²) in [4.78, 5) is 43.6. The van der Waals surface area contributed by atoms with Crippen molar-refractivity contribution >= 4 is 40.4 Å². The summed E-state index contributed by atoms with van der Waals surface area (Å²) in [6.45, 7) is 3.36. The zero-order chi connectivity index (χ0) is 25.2. The van der Waals surface area contributed by atoms with Crippen LogP contribution >= 0.6 is 11.3 Å². The van der Waals surface area contributed by atoms with Crippen molar-refractivity contribution in [3.63, 3.8) is 0 Å². The zero-order valence-electron chi connectivity index (χ0n) is 19.7. The van der Waals surface area contributed by atoms with Gasteiger partial charge in [0, 0.05) is 6.08 Å². The van der Waals surface area contributed by atoms with E-state index in [1.54, 1.807) is 51.3 Å². The molecule has 0 bridgehead atoms. The molecule has 8 nitrogen and oxygen atoms in total. The van der Waals surface area contributed by atoms with Gasteiger partial charge in [0.25, 0.3) is 5.91 Å². The van der Waals surface area contributed by atoms with Gasteiger partial charge in [-0.1, -0.05) is 53.8 Å². The number of methoxy groups -OCH3 is 1. The SMILES string of the molecule is CCOC(=O)c1sc(N(Cc2ccccc2)C(=O)COC(=O)/C=C/c2ccc(OC)cc2)nc1C. The van der Waals surface area contributed by atoms with Crippen molar-refractivity contribution in [2.45, 2.75) is 20.4 Å². The van der Waals surface area contributed by atoms with Gasteiger partial charge in [0.05, 0.1) is 26.0 Å². The lowest BCUT2D eigenvalue weighted by atomic mass is 10.2. The molecule has 3 aromatic rings. The van der Waals surface area contributed by atoms with Gasteiger partial charge in [-0.3, -0.25) is 9.69 Å². The van der Waals surface area contributed by atoms with Gasteiger partial charge >= 0.3 is 11.9 Å². The Morgan fingerprint density at radius 2 is 1.74 bits per heavy atom. The minimum atomic E-state index is -0.656. The van der Waals surface area contributed by atoms with E-state index in [0.29, 0.717) is 21.5 Å². The molecule has 0 aliphatic rings. The Labute approximate surface area is 207 Å². The molecule has 0 saturated heterocycles. The van der Waals surface area contributed by atoms with Crippen molar-refractivity contribution in [3.8, 4) is 5.75 Å². The molecule has 3 rings (SSSR count). The topological polar surface area (TPSA) is 95.0 Å². The number of anilines is 1. The number of nitrogens with zero attached hydrogens (tertiary/aromatic N) is 2. The standard InChI is InChI=1S/C26H26N2O6S/c1-4-33-25(31)24-18(2)27-26(35-24)28(16-20-8-6-5-7-9-20)22(29)17-34-23(30)15-12-19-10-13-21(32-3)14-11-19/h5-15H,4,16-17H2,1-3H3/b15-12+. The average molecular weight is 495 g/mol. The van der Waals surface area contributed by atoms with Crippen molar-refractivity contribution in [1.82, 2.24) is 4.98 Å². The van der Waals surface area contributed by atoms with Crippen molar-refractivity contribution in [3.05, 3.63) is 82.4 Å². The van der Waals surface area contributed by atoms with Gasteiger partial charge in [-0.2, -0.15) is 0 Å². The fourth-order valence-corrected chi connectivity index (χ4v) is 4.03. The second-order valence-corrected chi connectivity index (χ2v) is 8.29. The van der Waals surface area contributed by atoms with E-state index < -0.39 is 24.5 Å². The number of hydrogen-bond acceptors (Lipinski definition) is 8. The Bertz CT molecular complexity index is 1190. The van der Waals surface area contributed by atoms with Gasteiger partial charge in [0.2, 0.25) is 0 Å². The largest absolute Gasteiger partial charge is 0.497 e. The van der Waals surface area contributed by atoms with Crippen LogP contribution in [0.5, 0.6) is 5.75 Å². The number of aromatic nitrogens is 1. The maximum absolute atomic E-state index is 13.1. The number of esters is 2. The van der Waals surface area contributed by atoms with Crippen molar-refractivity contribution in [2.24, 2.45) is 0 Å². The highest BCUT2D eigenvalue weighted by Gasteiger charge is 2.25. The van der Waals surface area contributed by atoms with Crippen LogP contribution in [0.25, 0.3) is 6.08 Å². The Balaban J connectivity index is 1.72. The number of aryl methyl sites for hydroxylation is 1. The molecule has 0 radical (unpaired) electrons. The van der Waals surface area contributed by atoms with Crippen molar-refractivity contribution < 1.29 is 28.6 Å². The van der Waals surface area contributed by atoms with Crippen LogP contribution in [0.15, 0.2) is 60.7 Å². The van der Waals surface area contributed by atoms with Crippen LogP contribution in [0.2, 0.25) is 0 Å². The lowest BCUT2D eigenvalue weighted by molar-refractivity contribution is -0.142. The van der Waals surface area contributed by atoms with Gasteiger partial charge < -0.3 is 14.2 Å². The van der Waals surface area contributed by atoms with Crippen LogP contribution < -0.4 is 9.64 Å². The molecule has 2 aromatic carbocycles. The molecule has 182 valence electrons. The minimum absolute atomic E-state index is 0.203. The highest BCUT2D eigenvalue weighted by molar-refractivity contribution is 7.17. The lowest BCUT2D eigenvalue weighted by Gasteiger charge is -2.19. The van der Waals surface area contributed by atoms with E-state index in [0.717, 1.165) is 22.5 Å². The molecule has 35 heavy (non-hydrogen) atoms. The molecule has 0 unspecified atom stereocenters. The normalized spacial score (nSPS) is 10.7. The number of carbonyl (C=O) groups is 3. The fraction of sp³-hybridized carbons (Fsp3) is 0.231. The maximum atomic E-state index is 13.1. The number of thiazole rings is 1. The summed E-state index contributed by atoms with van der Waals surface area (Å²) in [5.41, 5.74) is 2.11. The van der Waals surface area contributed by atoms with Crippen molar-refractivity contribution in [2.75, 3.05) is 25.2 Å². The molecule has 0 aliphatic carbocycles. The Morgan fingerprint density at radius 3 is 2.40 bits per heavy atom. The number of benzene rings is 2. The van der Waals surface area contributed by atoms with Gasteiger partial charge in [0.15, 0.2) is 11.7 Å². The molecule has 0 saturated carbocycles. The first kappa shape index (κ1) is 25.6. The smallest absolute Gasteiger partial charge is 0.350 e. The second-order valence-electron chi connectivity index (χ2n) is 7.31. The van der Waals surface area contributed by atoms with Crippen LogP contribution in [-0.4, -0.2) is 43.2 Å². The Morgan fingerprint density at radius 1 is 1.03 bits per heavy atom. The van der Waals surface area contributed by atoms with Crippen LogP contribution in [0.1, 0.15) is 33.4 Å². The zero-order valence-corrected chi connectivity index (χ0v) is 20.5. The van der Waals surface area contributed by atoms with E-state index in [9.17, 15) is 14.4 Å². The van der Waals surface area contributed by atoms with Crippen LogP contribution in [0.3, 0.4) is 0 Å². The lowest BCUT2D eigenvalue weighted by Crippen LogP contribution is -2.34. The van der Waals surface area contributed by atoms with E-state index in [2.05, 4.69) is 4.98 Å². The summed E-state index contributed by atoms with van der Waals surface area (Å²) in [5, 5.41) is 0.323. The van der Waals surface area contributed by atoms with Gasteiger partial charge in [0.1, 0.15) is 10.6 Å². The molecule has 0 fully saturated rings. The molecular formula is C26H26N2O6S. The summed E-state index contributed by atoms with van der Waals surface area (Å²) < 4.78 is 15.4. The van der Waals surface area contributed by atoms with Crippen molar-refractivity contribution in [1.29, 1.82) is 0 Å². The first-order valence-corrected chi connectivity index (χ1v) is 11.7. The molecular weight excluding hydrogens is 468 g/mol. The van der Waals surface area contributed by atoms with Gasteiger partial charge in [-0.15, -0.1) is 0 Å². The third kappa shape index (κ3) is 7.25. The summed E-state index contributed by atoms with van der Waals surface area (Å²) in [5.74, 6) is -0.908. The minimum Gasteiger partial charge on any atom is -0.497 e. The molecule has 0 N–H and O–H groups in total. The Kier molecular flexibility index (Phi) is 9.14. The molecule has 0 atom stereocenters. The first-order valence-electron chi connectivity index (χ1n) is 10.9. The van der Waals surface area contributed by atoms with Crippen LogP contribution in [0, 0.1) is 6.92 Å². The first-order chi connectivity index (χ1) is 16.9. The van der Waals surface area contributed by atoms with E-state index in [-0.39, 0.29) is 13.2 Å². The summed E-state index contributed by atoms with van der Waals surface area (Å²) in [6.07, 6.45) is 2.84. The predicted octanol–water partition coefficient (Wildman–Crippen LogP) is 4.43. The molecule has 1 aromatic heterocycles. The van der Waals surface area contributed by atoms with Gasteiger partial charge in [-0.05, 0) is 43.2 Å². The monoisotopic (exact) mass is 494 g/mol. The summed E-state index contributed by atoms with van der Waals surface area (Å²) >= 11 is 1.06. The average Bonchev–Trinajstić information content (AvgIpc) is 3.26. The molecule has 1 heterocycles. The number of hydrogen-bond donors (Lipinski definition) is 0. The third-order valence-electron chi connectivity index (χ3n) is 4.83. The van der Waals surface area contributed by atoms with Crippen LogP contribution in [0.4, 0.5) is 5.13 Å². The highest BCUT2D eigenvalue weighted by atomic mass is 32.1. The molecule has 9 heteroatoms. The van der Waals surface area contributed by atoms with E-state index >= 15 is 0 Å². The maximum Gasteiger partial charge on any atom is 0.350 e. The molecule has 1 amide bonds. The fourth-order valence-electron chi connectivity index (χ4n) is 3.05. The van der Waals surface area contributed by atoms with E-state index in [1.165, 1.54) is 11.0 Å². The third-order valence-corrected chi connectivity index (χ3v) is 5.99. The second kappa shape index (κ2) is 12.5. The predicted molar refractivity (Wildman–Crippen MR) is 133 cm³/mol. The quantitative estimate of drug-likeness (QED) is 0.304. The van der Waals surface area contributed by atoms with E-state index in [1.807, 2.05) is 30.3 Å². The molecule has 0 spiro atoms. The highest BCUT2D eigenvalue weighted by Crippen LogP contribution is 2.28. The van der Waals surface area contributed by atoms with Gasteiger partial charge in [-0.25, -0.2) is 14.6 Å². The summed E-state index contributed by atoms with van der Waals surface area (Å²) in [7, 11) is 1.57. The Hall–Kier alpha value is -3.98. The summed E-state index contributed by atoms with van der Waals surface area (Å²) in [6, 6.07) is 16.5. The number of rotatable bonds is 10. The number of carbonyl (C=O) groups excluding carboxylic acids is 3. The van der Waals surface area contributed by atoms with E-state index in [4.69, 9.17) is 14.2 Å². The number of amides is 1. The molecule has 0 aliphatic heterocycles. The number of ether oxygens (including phenoxy) is 3.